The molecule has 2 unspecified atom stereocenters. The fourth-order valence-corrected chi connectivity index (χ4v) is 11.4. The average molecular weight is 936 g/mol. The molecule has 8 bridgehead atoms. The Morgan fingerprint density at radius 3 is 2.54 bits per heavy atom. The Balaban J connectivity index is 1.14. The summed E-state index contributed by atoms with van der Waals surface area (Å²) in [6.45, 7) is 17.6. The number of amides is 5. The van der Waals surface area contributed by atoms with Gasteiger partial charge in [-0.1, -0.05) is 40.3 Å². The summed E-state index contributed by atoms with van der Waals surface area (Å²) in [5, 5.41) is 8.14. The molecule has 358 valence electrons. The Hall–Kier alpha value is -5.65. The number of hydrazine groups is 1. The number of cyclic esters (lactones) is 1. The van der Waals surface area contributed by atoms with Gasteiger partial charge < -0.3 is 34.1 Å². The molecule has 0 radical (unpaired) electrons. The van der Waals surface area contributed by atoms with E-state index in [4.69, 9.17) is 19.4 Å². The molecule has 3 aromatic heterocycles. The predicted molar refractivity (Wildman–Crippen MR) is 257 cm³/mol. The van der Waals surface area contributed by atoms with Gasteiger partial charge in [0, 0.05) is 91.8 Å². The van der Waals surface area contributed by atoms with Crippen molar-refractivity contribution in [3.8, 4) is 22.5 Å². The average Bonchev–Trinajstić information content (AvgIpc) is 3.93. The van der Waals surface area contributed by atoms with Gasteiger partial charge in [0.05, 0.1) is 40.8 Å². The Labute approximate surface area is 397 Å². The van der Waals surface area contributed by atoms with Crippen LogP contribution in [0.15, 0.2) is 54.6 Å². The van der Waals surface area contributed by atoms with Crippen LogP contribution in [0.25, 0.3) is 33.4 Å². The van der Waals surface area contributed by atoms with E-state index in [-0.39, 0.29) is 49.1 Å². The van der Waals surface area contributed by atoms with Gasteiger partial charge in [0.15, 0.2) is 0 Å². The number of thiazole rings is 1. The number of fused-ring (bicyclic) bond motifs is 9. The summed E-state index contributed by atoms with van der Waals surface area (Å²) in [5.41, 5.74) is 9.28. The van der Waals surface area contributed by atoms with Gasteiger partial charge in [-0.25, -0.2) is 15.2 Å². The number of benzene rings is 1. The molecular formula is C50H65N9O7S. The molecule has 5 amide bonds. The molecule has 4 aromatic rings. The number of ether oxygens (including phenoxy) is 2. The van der Waals surface area contributed by atoms with Gasteiger partial charge in [-0.2, -0.15) is 0 Å². The highest BCUT2D eigenvalue weighted by Gasteiger charge is 2.45. The smallest absolute Gasteiger partial charge is 0.324 e. The molecule has 5 aliphatic rings. The monoisotopic (exact) mass is 935 g/mol. The summed E-state index contributed by atoms with van der Waals surface area (Å²) in [6, 6.07) is 7.02. The highest BCUT2D eigenvalue weighted by atomic mass is 32.1. The lowest BCUT2D eigenvalue weighted by atomic mass is 9.84. The number of hydrogen-bond donors (Lipinski definition) is 2. The number of hydrogen-bond acceptors (Lipinski definition) is 11. The molecule has 67 heavy (non-hydrogen) atoms. The van der Waals surface area contributed by atoms with Crippen molar-refractivity contribution in [2.24, 2.45) is 11.3 Å². The SMILES string of the molecule is C=CC(=O)N1CC2CCC1CN2C(=O)N(C)[C@H](C(=O)N[C@H]1Cc2nc(cs2)-c2ccc3c(c2)c(c(-c2cccnc2[C@H](C)OC)n3CC)CC(C)(C)COC(=O)[C@@H]2CCCN(N2)C1=O)C(C)C. The molecule has 0 spiro atoms. The van der Waals surface area contributed by atoms with E-state index in [9.17, 15) is 24.0 Å². The van der Waals surface area contributed by atoms with E-state index in [1.165, 1.54) is 27.3 Å². The molecule has 2 N–H and O–H groups in total. The number of pyridine rings is 1. The Morgan fingerprint density at radius 2 is 1.85 bits per heavy atom. The first-order chi connectivity index (χ1) is 32.0. The number of methoxy groups -OCH3 is 1. The number of carbonyl (C=O) groups is 5. The lowest BCUT2D eigenvalue weighted by molar-refractivity contribution is -0.155. The van der Waals surface area contributed by atoms with Crippen LogP contribution in [0.5, 0.6) is 0 Å². The summed E-state index contributed by atoms with van der Waals surface area (Å²) in [6.07, 6.45) is 6.05. The summed E-state index contributed by atoms with van der Waals surface area (Å²) < 4.78 is 14.3. The second-order valence-electron chi connectivity index (χ2n) is 19.6. The number of aromatic nitrogens is 3. The molecule has 8 heterocycles. The van der Waals surface area contributed by atoms with E-state index >= 15 is 0 Å². The minimum atomic E-state index is -1.08. The Kier molecular flexibility index (Phi) is 13.9. The maximum absolute atomic E-state index is 14.7. The van der Waals surface area contributed by atoms with Gasteiger partial charge in [-0.3, -0.25) is 29.2 Å². The Morgan fingerprint density at radius 1 is 1.10 bits per heavy atom. The summed E-state index contributed by atoms with van der Waals surface area (Å²) in [5.74, 6) is -1.82. The van der Waals surface area contributed by atoms with E-state index in [1.54, 1.807) is 30.2 Å². The Bertz CT molecular complexity index is 2550. The number of esters is 1. The van der Waals surface area contributed by atoms with Crippen LogP contribution in [0.4, 0.5) is 4.79 Å². The van der Waals surface area contributed by atoms with Gasteiger partial charge in [-0.15, -0.1) is 11.3 Å². The van der Waals surface area contributed by atoms with E-state index in [0.717, 1.165) is 57.5 Å². The normalized spacial score (nSPS) is 22.9. The van der Waals surface area contributed by atoms with Gasteiger partial charge in [0.2, 0.25) is 11.8 Å². The molecule has 5 aliphatic heterocycles. The minimum absolute atomic E-state index is 0.0770. The maximum atomic E-state index is 14.7. The second kappa shape index (κ2) is 19.5. The standard InChI is InChI=1S/C50H65N9O7S/c1-10-42(60)57-25-33-18-17-32(57)26-58(33)49(64)55(8)44(29(3)4)46(61)53-38-23-41-52-39(27-67-41)31-16-19-40-35(22-31)36(45(56(40)11-2)34-14-12-20-51-43(34)30(5)65-9)24-50(6,7)28-66-48(63)37-15-13-21-59(54-37)47(38)62/h10,12,14,16,19-20,22,27,29-30,32-33,37-38,44,54H,1,11,13,15,17-18,21,23-26,28H2,2-9H3,(H,53,61)/t30-,32?,33?,37-,38-,44-/m0/s1. The number of urea groups is 1. The third kappa shape index (κ3) is 9.46. The van der Waals surface area contributed by atoms with Crippen LogP contribution in [0.2, 0.25) is 0 Å². The molecular weight excluding hydrogens is 871 g/mol. The zero-order valence-corrected chi connectivity index (χ0v) is 40.9. The number of piperidine rings is 2. The van der Waals surface area contributed by atoms with Gasteiger partial charge in [-0.05, 0) is 87.8 Å². The van der Waals surface area contributed by atoms with E-state index < -0.39 is 41.3 Å². The van der Waals surface area contributed by atoms with Crippen LogP contribution in [-0.2, 0) is 48.0 Å². The highest BCUT2D eigenvalue weighted by Crippen LogP contribution is 2.42. The molecule has 9 rings (SSSR count). The summed E-state index contributed by atoms with van der Waals surface area (Å²) in [7, 11) is 3.31. The first kappa shape index (κ1) is 47.8. The number of piperazine rings is 1. The van der Waals surface area contributed by atoms with Crippen molar-refractivity contribution < 1.29 is 33.4 Å². The molecule has 17 heteroatoms. The topological polar surface area (TPSA) is 172 Å². The first-order valence-electron chi connectivity index (χ1n) is 23.6. The van der Waals surface area contributed by atoms with Crippen LogP contribution in [0.1, 0.15) is 89.6 Å². The lowest BCUT2D eigenvalue weighted by Gasteiger charge is -2.52. The fraction of sp³-hybridized carbons (Fsp3) is 0.540. The van der Waals surface area contributed by atoms with Crippen molar-refractivity contribution in [3.63, 3.8) is 0 Å². The third-order valence-electron chi connectivity index (χ3n) is 14.0. The van der Waals surface area contributed by atoms with Crippen LogP contribution in [0, 0.1) is 11.3 Å². The van der Waals surface area contributed by atoms with E-state index in [2.05, 4.69) is 66.9 Å². The van der Waals surface area contributed by atoms with Crippen molar-refractivity contribution in [2.45, 2.75) is 123 Å². The minimum Gasteiger partial charge on any atom is -0.464 e. The van der Waals surface area contributed by atoms with Gasteiger partial charge in [0.1, 0.15) is 18.1 Å². The lowest BCUT2D eigenvalue weighted by Crippen LogP contribution is -2.67. The first-order valence-corrected chi connectivity index (χ1v) is 24.5. The van der Waals surface area contributed by atoms with E-state index in [1.807, 2.05) is 32.2 Å². The zero-order chi connectivity index (χ0) is 47.9. The molecule has 6 atom stereocenters. The van der Waals surface area contributed by atoms with Gasteiger partial charge >= 0.3 is 12.0 Å². The molecule has 16 nitrogen and oxygen atoms in total. The van der Waals surface area contributed by atoms with Crippen molar-refractivity contribution >= 4 is 52.0 Å². The predicted octanol–water partition coefficient (Wildman–Crippen LogP) is 6.14. The van der Waals surface area contributed by atoms with Gasteiger partial charge in [0.25, 0.3) is 5.91 Å². The molecule has 1 aromatic carbocycles. The van der Waals surface area contributed by atoms with Crippen molar-refractivity contribution in [1.82, 2.24) is 45.0 Å². The fourth-order valence-electron chi connectivity index (χ4n) is 10.5. The number of nitrogens with one attached hydrogen (secondary N) is 2. The third-order valence-corrected chi connectivity index (χ3v) is 14.9. The number of aryl methyl sites for hydroxylation is 1. The molecule has 0 saturated carbocycles. The number of rotatable bonds is 9. The van der Waals surface area contributed by atoms with Crippen LogP contribution in [0.3, 0.4) is 0 Å². The highest BCUT2D eigenvalue weighted by molar-refractivity contribution is 7.10. The molecule has 0 aliphatic carbocycles. The quantitative estimate of drug-likeness (QED) is 0.147. The number of carbonyl (C=O) groups excluding carboxylic acids is 5. The van der Waals surface area contributed by atoms with Crippen molar-refractivity contribution in [2.75, 3.05) is 40.4 Å². The molecule has 4 fully saturated rings. The van der Waals surface area contributed by atoms with Crippen molar-refractivity contribution in [3.05, 3.63) is 70.8 Å². The van der Waals surface area contributed by atoms with E-state index in [0.29, 0.717) is 50.4 Å². The number of nitrogens with zero attached hydrogens (tertiary/aromatic N) is 7. The second-order valence-corrected chi connectivity index (χ2v) is 20.5. The van der Waals surface area contributed by atoms with Crippen LogP contribution >= 0.6 is 11.3 Å². The largest absolute Gasteiger partial charge is 0.464 e. The van der Waals surface area contributed by atoms with Crippen molar-refractivity contribution in [1.29, 1.82) is 0 Å². The number of likely N-dealkylation sites (N-methyl/N-ethyl adjacent to an activating group) is 1. The summed E-state index contributed by atoms with van der Waals surface area (Å²) in [4.78, 5) is 85.0. The molecule has 4 saturated heterocycles. The zero-order valence-electron chi connectivity index (χ0n) is 40.0. The van der Waals surface area contributed by atoms with Crippen LogP contribution < -0.4 is 10.7 Å². The van der Waals surface area contributed by atoms with Crippen LogP contribution in [-0.4, -0.2) is 135 Å². The summed E-state index contributed by atoms with van der Waals surface area (Å²) >= 11 is 1.41. The maximum Gasteiger partial charge on any atom is 0.324 e.